The molecule has 2 aromatic heterocycles. The third-order valence-corrected chi connectivity index (χ3v) is 3.88. The predicted octanol–water partition coefficient (Wildman–Crippen LogP) is 3.33. The smallest absolute Gasteiger partial charge is 0.266 e. The standard InChI is InChI=1S/C17H13N3OS/c21-17(15-7-4-12-22-15)20-19-16(13-5-2-1-3-6-13)14-8-10-18-11-9-14/h1-12H,(H,20,21)/b19-16+. The number of amides is 1. The van der Waals surface area contributed by atoms with E-state index in [0.717, 1.165) is 11.1 Å². The van der Waals surface area contributed by atoms with Gasteiger partial charge in [0, 0.05) is 23.5 Å². The molecule has 3 aromatic rings. The molecular weight excluding hydrogens is 294 g/mol. The Labute approximate surface area is 132 Å². The van der Waals surface area contributed by atoms with Gasteiger partial charge in [-0.2, -0.15) is 5.10 Å². The molecule has 0 saturated heterocycles. The van der Waals surface area contributed by atoms with E-state index in [0.29, 0.717) is 10.6 Å². The number of carbonyl (C=O) groups is 1. The number of hydrazone groups is 1. The first kappa shape index (κ1) is 14.2. The topological polar surface area (TPSA) is 54.4 Å². The highest BCUT2D eigenvalue weighted by Crippen LogP contribution is 2.11. The lowest BCUT2D eigenvalue weighted by atomic mass is 10.0. The fourth-order valence-electron chi connectivity index (χ4n) is 1.97. The van der Waals surface area contributed by atoms with E-state index in [4.69, 9.17) is 0 Å². The molecule has 5 heteroatoms. The van der Waals surface area contributed by atoms with Gasteiger partial charge in [0.2, 0.25) is 0 Å². The number of rotatable bonds is 4. The van der Waals surface area contributed by atoms with Gasteiger partial charge in [0.1, 0.15) is 0 Å². The minimum atomic E-state index is -0.211. The summed E-state index contributed by atoms with van der Waals surface area (Å²) in [6, 6.07) is 17.1. The van der Waals surface area contributed by atoms with E-state index in [1.807, 2.05) is 53.9 Å². The molecule has 0 aliphatic carbocycles. The number of hydrogen-bond donors (Lipinski definition) is 1. The molecule has 0 atom stereocenters. The Bertz CT molecular complexity index is 727. The largest absolute Gasteiger partial charge is 0.281 e. The molecule has 0 radical (unpaired) electrons. The van der Waals surface area contributed by atoms with Crippen molar-refractivity contribution in [3.63, 3.8) is 0 Å². The van der Waals surface area contributed by atoms with Crippen molar-refractivity contribution in [2.45, 2.75) is 0 Å². The van der Waals surface area contributed by atoms with Crippen molar-refractivity contribution in [2.75, 3.05) is 0 Å². The Morgan fingerprint density at radius 3 is 2.36 bits per heavy atom. The van der Waals surface area contributed by atoms with Crippen molar-refractivity contribution in [1.29, 1.82) is 0 Å². The van der Waals surface area contributed by atoms with Gasteiger partial charge in [-0.3, -0.25) is 9.78 Å². The third-order valence-electron chi connectivity index (χ3n) is 3.02. The van der Waals surface area contributed by atoms with Gasteiger partial charge in [-0.25, -0.2) is 5.43 Å². The monoisotopic (exact) mass is 307 g/mol. The number of benzene rings is 1. The predicted molar refractivity (Wildman–Crippen MR) is 88.1 cm³/mol. The number of nitrogens with zero attached hydrogens (tertiary/aromatic N) is 2. The summed E-state index contributed by atoms with van der Waals surface area (Å²) in [4.78, 5) is 16.7. The number of hydrogen-bond acceptors (Lipinski definition) is 4. The van der Waals surface area contributed by atoms with E-state index in [2.05, 4.69) is 15.5 Å². The molecule has 0 aliphatic rings. The van der Waals surface area contributed by atoms with Crippen LogP contribution < -0.4 is 5.43 Å². The zero-order chi connectivity index (χ0) is 15.2. The molecule has 0 saturated carbocycles. The van der Waals surface area contributed by atoms with Crippen LogP contribution in [0.15, 0.2) is 77.5 Å². The molecule has 1 amide bonds. The van der Waals surface area contributed by atoms with E-state index in [1.54, 1.807) is 18.5 Å². The molecule has 4 nitrogen and oxygen atoms in total. The average Bonchev–Trinajstić information content (AvgIpc) is 3.11. The number of aromatic nitrogens is 1. The summed E-state index contributed by atoms with van der Waals surface area (Å²) in [5.41, 5.74) is 5.15. The van der Waals surface area contributed by atoms with Crippen LogP contribution in [0.2, 0.25) is 0 Å². The number of thiophene rings is 1. The maximum Gasteiger partial charge on any atom is 0.281 e. The van der Waals surface area contributed by atoms with Crippen LogP contribution in [0.5, 0.6) is 0 Å². The summed E-state index contributed by atoms with van der Waals surface area (Å²) in [5.74, 6) is -0.211. The Hall–Kier alpha value is -2.79. The molecule has 0 fully saturated rings. The molecule has 1 aromatic carbocycles. The Kier molecular flexibility index (Phi) is 4.36. The minimum absolute atomic E-state index is 0.211. The third kappa shape index (κ3) is 3.27. The Morgan fingerprint density at radius 2 is 1.68 bits per heavy atom. The first-order chi connectivity index (χ1) is 10.8. The van der Waals surface area contributed by atoms with Crippen LogP contribution in [-0.2, 0) is 0 Å². The van der Waals surface area contributed by atoms with E-state index >= 15 is 0 Å². The van der Waals surface area contributed by atoms with Crippen molar-refractivity contribution in [3.05, 3.63) is 88.4 Å². The van der Waals surface area contributed by atoms with Crippen molar-refractivity contribution >= 4 is 23.0 Å². The summed E-state index contributed by atoms with van der Waals surface area (Å²) in [6.07, 6.45) is 3.41. The first-order valence-electron chi connectivity index (χ1n) is 6.72. The van der Waals surface area contributed by atoms with Crippen molar-refractivity contribution in [3.8, 4) is 0 Å². The van der Waals surface area contributed by atoms with Crippen LogP contribution in [0.1, 0.15) is 20.8 Å². The summed E-state index contributed by atoms with van der Waals surface area (Å²) in [7, 11) is 0. The lowest BCUT2D eigenvalue weighted by Gasteiger charge is -2.07. The summed E-state index contributed by atoms with van der Waals surface area (Å²) >= 11 is 1.38. The van der Waals surface area contributed by atoms with Crippen molar-refractivity contribution in [2.24, 2.45) is 5.10 Å². The maximum absolute atomic E-state index is 12.1. The maximum atomic E-state index is 12.1. The molecule has 22 heavy (non-hydrogen) atoms. The fourth-order valence-corrected chi connectivity index (χ4v) is 2.58. The van der Waals surface area contributed by atoms with Crippen LogP contribution in [0.25, 0.3) is 0 Å². The van der Waals surface area contributed by atoms with Crippen molar-refractivity contribution in [1.82, 2.24) is 10.4 Å². The molecule has 2 heterocycles. The highest BCUT2D eigenvalue weighted by atomic mass is 32.1. The lowest BCUT2D eigenvalue weighted by molar-refractivity contribution is 0.0959. The lowest BCUT2D eigenvalue weighted by Crippen LogP contribution is -2.19. The van der Waals surface area contributed by atoms with Gasteiger partial charge in [0.15, 0.2) is 0 Å². The molecule has 0 bridgehead atoms. The highest BCUT2D eigenvalue weighted by molar-refractivity contribution is 7.12. The zero-order valence-electron chi connectivity index (χ0n) is 11.6. The van der Waals surface area contributed by atoms with E-state index in [-0.39, 0.29) is 5.91 Å². The second-order valence-electron chi connectivity index (χ2n) is 4.48. The molecule has 1 N–H and O–H groups in total. The summed E-state index contributed by atoms with van der Waals surface area (Å²) in [6.45, 7) is 0. The molecule has 0 spiro atoms. The summed E-state index contributed by atoms with van der Waals surface area (Å²) in [5, 5.41) is 6.18. The Morgan fingerprint density at radius 1 is 0.955 bits per heavy atom. The van der Waals surface area contributed by atoms with Gasteiger partial charge in [-0.05, 0) is 23.6 Å². The van der Waals surface area contributed by atoms with E-state index in [9.17, 15) is 4.79 Å². The fraction of sp³-hybridized carbons (Fsp3) is 0. The SMILES string of the molecule is O=C(N/N=C(\c1ccccc1)c1ccncc1)c1cccs1. The number of nitrogens with one attached hydrogen (secondary N) is 1. The zero-order valence-corrected chi connectivity index (χ0v) is 12.5. The highest BCUT2D eigenvalue weighted by Gasteiger charge is 2.09. The van der Waals surface area contributed by atoms with E-state index in [1.165, 1.54) is 11.3 Å². The van der Waals surface area contributed by atoms with Crippen LogP contribution in [0.4, 0.5) is 0 Å². The van der Waals surface area contributed by atoms with Crippen molar-refractivity contribution < 1.29 is 4.79 Å². The number of carbonyl (C=O) groups excluding carboxylic acids is 1. The normalized spacial score (nSPS) is 11.2. The second-order valence-corrected chi connectivity index (χ2v) is 5.43. The quantitative estimate of drug-likeness (QED) is 0.594. The van der Waals surface area contributed by atoms with Gasteiger partial charge >= 0.3 is 0 Å². The molecule has 0 unspecified atom stereocenters. The average molecular weight is 307 g/mol. The van der Waals surface area contributed by atoms with Crippen LogP contribution >= 0.6 is 11.3 Å². The van der Waals surface area contributed by atoms with Gasteiger partial charge in [-0.1, -0.05) is 36.4 Å². The van der Waals surface area contributed by atoms with Gasteiger partial charge in [0.05, 0.1) is 10.6 Å². The second kappa shape index (κ2) is 6.78. The van der Waals surface area contributed by atoms with E-state index < -0.39 is 0 Å². The Balaban J connectivity index is 1.92. The van der Waals surface area contributed by atoms with Crippen LogP contribution in [0.3, 0.4) is 0 Å². The minimum Gasteiger partial charge on any atom is -0.266 e. The first-order valence-corrected chi connectivity index (χ1v) is 7.60. The molecule has 108 valence electrons. The summed E-state index contributed by atoms with van der Waals surface area (Å²) < 4.78 is 0. The molecular formula is C17H13N3OS. The number of pyridine rings is 1. The molecule has 0 aliphatic heterocycles. The van der Waals surface area contributed by atoms with Gasteiger partial charge in [-0.15, -0.1) is 11.3 Å². The molecule has 3 rings (SSSR count). The van der Waals surface area contributed by atoms with Crippen LogP contribution in [0, 0.1) is 0 Å². The van der Waals surface area contributed by atoms with Gasteiger partial charge in [0.25, 0.3) is 5.91 Å². The van der Waals surface area contributed by atoms with Gasteiger partial charge < -0.3 is 0 Å². The van der Waals surface area contributed by atoms with Crippen LogP contribution in [-0.4, -0.2) is 16.6 Å².